The summed E-state index contributed by atoms with van der Waals surface area (Å²) in [5.74, 6) is -2.54. The average molecular weight is 382 g/mol. The van der Waals surface area contributed by atoms with Crippen LogP contribution in [0.3, 0.4) is 0 Å². The fourth-order valence-corrected chi connectivity index (χ4v) is 2.90. The number of aliphatic hydroxyl groups excluding tert-OH is 1. The van der Waals surface area contributed by atoms with Crippen molar-refractivity contribution in [2.45, 2.75) is 25.8 Å². The zero-order valence-corrected chi connectivity index (χ0v) is 14.0. The Morgan fingerprint density at radius 1 is 1.26 bits per heavy atom. The molecule has 1 amide bonds. The van der Waals surface area contributed by atoms with E-state index in [-0.39, 0.29) is 30.7 Å². The molecule has 1 aliphatic rings. The number of nitrogens with zero attached hydrogens (tertiary/aromatic N) is 1. The van der Waals surface area contributed by atoms with Gasteiger partial charge in [0.25, 0.3) is 5.91 Å². The van der Waals surface area contributed by atoms with E-state index in [0.29, 0.717) is 5.56 Å². The van der Waals surface area contributed by atoms with Gasteiger partial charge >= 0.3 is 5.97 Å². The maximum atomic E-state index is 12.3. The minimum atomic E-state index is -0.958. The predicted molar refractivity (Wildman–Crippen MR) is 85.8 cm³/mol. The predicted octanol–water partition coefficient (Wildman–Crippen LogP) is 2.60. The topological polar surface area (TPSA) is 94.9 Å². The highest BCUT2D eigenvalue weighted by molar-refractivity contribution is 9.10. The molecule has 1 aromatic carbocycles. The van der Waals surface area contributed by atoms with Gasteiger partial charge in [0, 0.05) is 17.4 Å². The summed E-state index contributed by atoms with van der Waals surface area (Å²) in [7, 11) is 0. The first kappa shape index (κ1) is 17.2. The van der Waals surface area contributed by atoms with Crippen LogP contribution in [0.25, 0.3) is 0 Å². The van der Waals surface area contributed by atoms with Crippen molar-refractivity contribution in [3.63, 3.8) is 0 Å². The number of aliphatic carboxylic acids is 1. The van der Waals surface area contributed by atoms with Gasteiger partial charge in [-0.15, -0.1) is 0 Å². The minimum Gasteiger partial charge on any atom is -0.503 e. The molecule has 0 saturated carbocycles. The Hall–Kier alpha value is -2.15. The zero-order chi connectivity index (χ0) is 17.1. The summed E-state index contributed by atoms with van der Waals surface area (Å²) in [5, 5.41) is 18.8. The summed E-state index contributed by atoms with van der Waals surface area (Å²) in [6, 6.07) is 6.38. The van der Waals surface area contributed by atoms with Gasteiger partial charge in [-0.05, 0) is 31.0 Å². The van der Waals surface area contributed by atoms with Crippen LogP contribution in [-0.2, 0) is 14.4 Å². The second-order valence-electron chi connectivity index (χ2n) is 5.27. The molecule has 1 unspecified atom stereocenters. The highest BCUT2D eigenvalue weighted by Crippen LogP contribution is 2.38. The number of carboxylic acid groups (broad SMARTS) is 1. The molecule has 122 valence electrons. The SMILES string of the molecule is CC(=O)C1=C(O)C(=O)N(CCCC(=O)O)C1c1ccc(Br)cc1. The first-order chi connectivity index (χ1) is 10.8. The molecule has 0 radical (unpaired) electrons. The van der Waals surface area contributed by atoms with Crippen molar-refractivity contribution in [2.24, 2.45) is 0 Å². The summed E-state index contributed by atoms with van der Waals surface area (Å²) in [6.07, 6.45) is 0.152. The number of rotatable bonds is 6. The lowest BCUT2D eigenvalue weighted by Crippen LogP contribution is -2.32. The van der Waals surface area contributed by atoms with Crippen molar-refractivity contribution >= 4 is 33.6 Å². The number of hydrogen-bond acceptors (Lipinski definition) is 4. The molecule has 1 aliphatic heterocycles. The number of carbonyl (C=O) groups excluding carboxylic acids is 2. The van der Waals surface area contributed by atoms with Crippen molar-refractivity contribution in [3.05, 3.63) is 45.6 Å². The van der Waals surface area contributed by atoms with Gasteiger partial charge in [-0.1, -0.05) is 28.1 Å². The molecular formula is C16H16BrNO5. The van der Waals surface area contributed by atoms with E-state index >= 15 is 0 Å². The van der Waals surface area contributed by atoms with E-state index in [9.17, 15) is 19.5 Å². The number of halogens is 1. The molecular weight excluding hydrogens is 366 g/mol. The molecule has 6 nitrogen and oxygen atoms in total. The molecule has 1 heterocycles. The van der Waals surface area contributed by atoms with Gasteiger partial charge < -0.3 is 15.1 Å². The van der Waals surface area contributed by atoms with Gasteiger partial charge in [-0.3, -0.25) is 14.4 Å². The quantitative estimate of drug-likeness (QED) is 0.789. The van der Waals surface area contributed by atoms with Gasteiger partial charge in [0.05, 0.1) is 11.6 Å². The number of ketones is 1. The molecule has 0 saturated heterocycles. The standard InChI is InChI=1S/C16H16BrNO5/c1-9(19)13-14(10-4-6-11(17)7-5-10)18(16(23)15(13)22)8-2-3-12(20)21/h4-7,14,22H,2-3,8H2,1H3,(H,20,21). The third-order valence-electron chi connectivity index (χ3n) is 3.66. The largest absolute Gasteiger partial charge is 0.503 e. The Balaban J connectivity index is 2.36. The van der Waals surface area contributed by atoms with Crippen LogP contribution in [0.15, 0.2) is 40.1 Å². The summed E-state index contributed by atoms with van der Waals surface area (Å²) in [6.45, 7) is 1.44. The van der Waals surface area contributed by atoms with Gasteiger partial charge in [-0.2, -0.15) is 0 Å². The molecule has 0 aromatic heterocycles. The monoisotopic (exact) mass is 381 g/mol. The maximum Gasteiger partial charge on any atom is 0.303 e. The summed E-state index contributed by atoms with van der Waals surface area (Å²) >= 11 is 3.32. The second kappa shape index (κ2) is 6.95. The van der Waals surface area contributed by atoms with Crippen molar-refractivity contribution in [1.82, 2.24) is 4.90 Å². The summed E-state index contributed by atoms with van der Waals surface area (Å²) < 4.78 is 0.848. The van der Waals surface area contributed by atoms with E-state index in [4.69, 9.17) is 5.11 Å². The number of aliphatic hydroxyl groups is 1. The Morgan fingerprint density at radius 2 is 1.87 bits per heavy atom. The number of hydrogen-bond donors (Lipinski definition) is 2. The maximum absolute atomic E-state index is 12.3. The zero-order valence-electron chi connectivity index (χ0n) is 12.5. The van der Waals surface area contributed by atoms with Crippen molar-refractivity contribution in [2.75, 3.05) is 6.54 Å². The summed E-state index contributed by atoms with van der Waals surface area (Å²) in [4.78, 5) is 36.1. The minimum absolute atomic E-state index is 0.0487. The Bertz CT molecular complexity index is 680. The number of benzene rings is 1. The van der Waals surface area contributed by atoms with Crippen LogP contribution in [-0.4, -0.2) is 39.3 Å². The molecule has 0 spiro atoms. The van der Waals surface area contributed by atoms with E-state index in [2.05, 4.69) is 15.9 Å². The molecule has 1 aromatic rings. The normalized spacial score (nSPS) is 17.7. The van der Waals surface area contributed by atoms with Crippen molar-refractivity contribution in [3.8, 4) is 0 Å². The first-order valence-corrected chi connectivity index (χ1v) is 7.84. The lowest BCUT2D eigenvalue weighted by Gasteiger charge is -2.26. The third-order valence-corrected chi connectivity index (χ3v) is 4.19. The molecule has 0 fully saturated rings. The fraction of sp³-hybridized carbons (Fsp3) is 0.312. The molecule has 2 N–H and O–H groups in total. The molecule has 23 heavy (non-hydrogen) atoms. The Labute approximate surface area is 141 Å². The fourth-order valence-electron chi connectivity index (χ4n) is 2.64. The highest BCUT2D eigenvalue weighted by atomic mass is 79.9. The molecule has 7 heteroatoms. The van der Waals surface area contributed by atoms with E-state index in [0.717, 1.165) is 4.47 Å². The van der Waals surface area contributed by atoms with Crippen LogP contribution < -0.4 is 0 Å². The van der Waals surface area contributed by atoms with Crippen molar-refractivity contribution in [1.29, 1.82) is 0 Å². The van der Waals surface area contributed by atoms with Crippen LogP contribution in [0.1, 0.15) is 31.4 Å². The van der Waals surface area contributed by atoms with E-state index < -0.39 is 23.7 Å². The Morgan fingerprint density at radius 3 is 2.39 bits per heavy atom. The lowest BCUT2D eigenvalue weighted by atomic mass is 9.97. The Kier molecular flexibility index (Phi) is 5.20. The summed E-state index contributed by atoms with van der Waals surface area (Å²) in [5.41, 5.74) is 0.735. The third kappa shape index (κ3) is 3.61. The van der Waals surface area contributed by atoms with Crippen LogP contribution in [0.4, 0.5) is 0 Å². The number of carboxylic acids is 1. The molecule has 0 aliphatic carbocycles. The van der Waals surface area contributed by atoms with Gasteiger partial charge in [0.2, 0.25) is 0 Å². The smallest absolute Gasteiger partial charge is 0.303 e. The van der Waals surface area contributed by atoms with Gasteiger partial charge in [0.15, 0.2) is 11.5 Å². The number of carbonyl (C=O) groups is 3. The first-order valence-electron chi connectivity index (χ1n) is 7.05. The number of Topliss-reactive ketones (excluding diaryl/α,β-unsaturated/α-hetero) is 1. The van der Waals surface area contributed by atoms with Gasteiger partial charge in [-0.25, -0.2) is 0 Å². The number of amides is 1. The van der Waals surface area contributed by atoms with Crippen LogP contribution >= 0.6 is 15.9 Å². The van der Waals surface area contributed by atoms with E-state index in [1.165, 1.54) is 11.8 Å². The molecule has 2 rings (SSSR count). The second-order valence-corrected chi connectivity index (χ2v) is 6.18. The van der Waals surface area contributed by atoms with Crippen LogP contribution in [0, 0.1) is 0 Å². The van der Waals surface area contributed by atoms with Crippen molar-refractivity contribution < 1.29 is 24.6 Å². The lowest BCUT2D eigenvalue weighted by molar-refractivity contribution is -0.138. The van der Waals surface area contributed by atoms with E-state index in [1.54, 1.807) is 24.3 Å². The van der Waals surface area contributed by atoms with E-state index in [1.807, 2.05) is 0 Å². The molecule has 0 bridgehead atoms. The van der Waals surface area contributed by atoms with Gasteiger partial charge in [0.1, 0.15) is 0 Å². The average Bonchev–Trinajstić information content (AvgIpc) is 2.72. The van der Waals surface area contributed by atoms with Crippen LogP contribution in [0.2, 0.25) is 0 Å². The highest BCUT2D eigenvalue weighted by Gasteiger charge is 2.41. The van der Waals surface area contributed by atoms with Crippen LogP contribution in [0.5, 0.6) is 0 Å². The molecule has 1 atom stereocenters.